The van der Waals surface area contributed by atoms with E-state index in [1.807, 2.05) is 13.8 Å². The van der Waals surface area contributed by atoms with E-state index < -0.39 is 7.60 Å². The molecule has 20 heavy (non-hydrogen) atoms. The molecule has 0 radical (unpaired) electrons. The molecule has 118 valence electrons. The van der Waals surface area contributed by atoms with Gasteiger partial charge in [-0.3, -0.25) is 4.57 Å². The van der Waals surface area contributed by atoms with Crippen molar-refractivity contribution in [3.8, 4) is 0 Å². The van der Waals surface area contributed by atoms with Crippen molar-refractivity contribution in [1.29, 1.82) is 0 Å². The second kappa shape index (κ2) is 11.3. The van der Waals surface area contributed by atoms with Crippen molar-refractivity contribution in [1.82, 2.24) is 0 Å². The van der Waals surface area contributed by atoms with Gasteiger partial charge in [0.1, 0.15) is 0 Å². The van der Waals surface area contributed by atoms with Crippen molar-refractivity contribution in [2.24, 2.45) is 0 Å². The summed E-state index contributed by atoms with van der Waals surface area (Å²) >= 11 is 0. The van der Waals surface area contributed by atoms with E-state index in [0.717, 1.165) is 25.7 Å². The van der Waals surface area contributed by atoms with Gasteiger partial charge in [0.2, 0.25) is 0 Å². The number of hydrogen-bond donors (Lipinski definition) is 0. The molecule has 0 aromatic carbocycles. The molecule has 0 N–H and O–H groups in total. The third-order valence-electron chi connectivity index (χ3n) is 2.87. The highest BCUT2D eigenvalue weighted by molar-refractivity contribution is 7.53. The molecule has 0 unspecified atom stereocenters. The lowest BCUT2D eigenvalue weighted by Crippen LogP contribution is -2.00. The largest absolute Gasteiger partial charge is 0.330 e. The molecule has 0 bridgehead atoms. The Bertz CT molecular complexity index is 345. The number of rotatable bonds is 11. The molecule has 0 aliphatic rings. The SMILES string of the molecule is CCOP(=O)(CCC/C=C(\C)CCC=C(C)C)OCC. The Kier molecular flexibility index (Phi) is 11.1. The van der Waals surface area contributed by atoms with Crippen LogP contribution < -0.4 is 0 Å². The zero-order valence-corrected chi connectivity index (χ0v) is 14.7. The van der Waals surface area contributed by atoms with Gasteiger partial charge in [0.25, 0.3) is 0 Å². The summed E-state index contributed by atoms with van der Waals surface area (Å²) in [6, 6.07) is 0. The standard InChI is InChI=1S/C16H31O3P/c1-6-18-20(17,19-7-2)14-9-8-12-16(5)13-10-11-15(3)4/h11-12H,6-10,13-14H2,1-5H3/b16-12+. The molecule has 0 heterocycles. The Hall–Kier alpha value is -0.370. The van der Waals surface area contributed by atoms with E-state index in [0.29, 0.717) is 19.4 Å². The maximum Gasteiger partial charge on any atom is 0.330 e. The van der Waals surface area contributed by atoms with Gasteiger partial charge in [-0.2, -0.15) is 0 Å². The first kappa shape index (κ1) is 19.6. The molecule has 0 aliphatic heterocycles. The van der Waals surface area contributed by atoms with E-state index in [4.69, 9.17) is 9.05 Å². The molecule has 3 nitrogen and oxygen atoms in total. The number of unbranched alkanes of at least 4 members (excludes halogenated alkanes) is 1. The lowest BCUT2D eigenvalue weighted by atomic mass is 10.1. The van der Waals surface area contributed by atoms with Crippen LogP contribution >= 0.6 is 7.60 Å². The van der Waals surface area contributed by atoms with Gasteiger partial charge in [0.05, 0.1) is 19.4 Å². The Morgan fingerprint density at radius 2 is 1.60 bits per heavy atom. The molecule has 0 aliphatic carbocycles. The van der Waals surface area contributed by atoms with E-state index in [9.17, 15) is 4.57 Å². The maximum absolute atomic E-state index is 12.2. The molecule has 0 saturated carbocycles. The first-order valence-electron chi connectivity index (χ1n) is 7.60. The molecule has 0 rings (SSSR count). The van der Waals surface area contributed by atoms with Crippen LogP contribution in [-0.2, 0) is 13.6 Å². The molecular weight excluding hydrogens is 271 g/mol. The lowest BCUT2D eigenvalue weighted by Gasteiger charge is -2.16. The summed E-state index contributed by atoms with van der Waals surface area (Å²) in [7, 11) is -2.85. The highest BCUT2D eigenvalue weighted by Gasteiger charge is 2.22. The molecule has 0 spiro atoms. The summed E-state index contributed by atoms with van der Waals surface area (Å²) in [5.41, 5.74) is 2.76. The minimum Gasteiger partial charge on any atom is -0.309 e. The highest BCUT2D eigenvalue weighted by Crippen LogP contribution is 2.48. The van der Waals surface area contributed by atoms with Gasteiger partial charge in [0, 0.05) is 0 Å². The van der Waals surface area contributed by atoms with E-state index in [1.165, 1.54) is 11.1 Å². The fraction of sp³-hybridized carbons (Fsp3) is 0.750. The molecule has 0 atom stereocenters. The van der Waals surface area contributed by atoms with Crippen molar-refractivity contribution in [2.45, 2.75) is 60.3 Å². The third-order valence-corrected chi connectivity index (χ3v) is 5.04. The topological polar surface area (TPSA) is 35.5 Å². The normalized spacial score (nSPS) is 12.6. The molecule has 4 heteroatoms. The lowest BCUT2D eigenvalue weighted by molar-refractivity contribution is 0.220. The van der Waals surface area contributed by atoms with E-state index in [-0.39, 0.29) is 0 Å². The van der Waals surface area contributed by atoms with E-state index in [1.54, 1.807) is 0 Å². The van der Waals surface area contributed by atoms with Crippen LogP contribution in [-0.4, -0.2) is 19.4 Å². The van der Waals surface area contributed by atoms with E-state index in [2.05, 4.69) is 32.9 Å². The van der Waals surface area contributed by atoms with Gasteiger partial charge in [-0.25, -0.2) is 0 Å². The van der Waals surface area contributed by atoms with Crippen molar-refractivity contribution in [2.75, 3.05) is 19.4 Å². The fourth-order valence-corrected chi connectivity index (χ4v) is 3.57. The molecular formula is C16H31O3P. The summed E-state index contributed by atoms with van der Waals surface area (Å²) in [5, 5.41) is 0. The molecule has 0 aromatic rings. The predicted octanol–water partition coefficient (Wildman–Crippen LogP) is 5.73. The average molecular weight is 302 g/mol. The number of hydrogen-bond acceptors (Lipinski definition) is 3. The van der Waals surface area contributed by atoms with Crippen LogP contribution in [0.4, 0.5) is 0 Å². The van der Waals surface area contributed by atoms with Crippen molar-refractivity contribution in [3.63, 3.8) is 0 Å². The van der Waals surface area contributed by atoms with Crippen LogP contribution in [0.3, 0.4) is 0 Å². The van der Waals surface area contributed by atoms with Crippen molar-refractivity contribution < 1.29 is 13.6 Å². The minimum atomic E-state index is -2.85. The van der Waals surface area contributed by atoms with Crippen molar-refractivity contribution >= 4 is 7.60 Å². The Morgan fingerprint density at radius 3 is 2.10 bits per heavy atom. The van der Waals surface area contributed by atoms with Gasteiger partial charge < -0.3 is 9.05 Å². The minimum absolute atomic E-state index is 0.439. The van der Waals surface area contributed by atoms with Gasteiger partial charge in [-0.1, -0.05) is 23.3 Å². The summed E-state index contributed by atoms with van der Waals surface area (Å²) in [6.07, 6.45) is 8.98. The van der Waals surface area contributed by atoms with E-state index >= 15 is 0 Å². The molecule has 0 saturated heterocycles. The van der Waals surface area contributed by atoms with Crippen molar-refractivity contribution in [3.05, 3.63) is 23.3 Å². The third kappa shape index (κ3) is 10.4. The first-order chi connectivity index (χ1) is 9.43. The first-order valence-corrected chi connectivity index (χ1v) is 9.33. The zero-order chi connectivity index (χ0) is 15.4. The van der Waals surface area contributed by atoms with Gasteiger partial charge in [-0.15, -0.1) is 0 Å². The Labute approximate surface area is 125 Å². The molecule has 0 fully saturated rings. The second-order valence-electron chi connectivity index (χ2n) is 5.18. The summed E-state index contributed by atoms with van der Waals surface area (Å²) in [5.74, 6) is 0. The van der Waals surface area contributed by atoms with Crippen LogP contribution in [0.15, 0.2) is 23.3 Å². The summed E-state index contributed by atoms with van der Waals surface area (Å²) in [6.45, 7) is 11.0. The number of allylic oxidation sites excluding steroid dienone is 4. The van der Waals surface area contributed by atoms with Crippen LogP contribution in [0.1, 0.15) is 60.3 Å². The summed E-state index contributed by atoms with van der Waals surface area (Å²) in [4.78, 5) is 0. The highest BCUT2D eigenvalue weighted by atomic mass is 31.2. The van der Waals surface area contributed by atoms with Gasteiger partial charge in [-0.05, 0) is 60.3 Å². The monoisotopic (exact) mass is 302 g/mol. The Balaban J connectivity index is 4.03. The molecule has 0 aromatic heterocycles. The molecule has 0 amide bonds. The van der Waals surface area contributed by atoms with Crippen LogP contribution in [0.2, 0.25) is 0 Å². The smallest absolute Gasteiger partial charge is 0.309 e. The Morgan fingerprint density at radius 1 is 1.00 bits per heavy atom. The van der Waals surface area contributed by atoms with Gasteiger partial charge in [0.15, 0.2) is 0 Å². The average Bonchev–Trinajstić information content (AvgIpc) is 2.35. The zero-order valence-electron chi connectivity index (χ0n) is 13.8. The predicted molar refractivity (Wildman–Crippen MR) is 87.4 cm³/mol. The van der Waals surface area contributed by atoms with Gasteiger partial charge >= 0.3 is 7.60 Å². The summed E-state index contributed by atoms with van der Waals surface area (Å²) < 4.78 is 22.8. The fourth-order valence-electron chi connectivity index (χ4n) is 1.88. The van der Waals surface area contributed by atoms with Crippen LogP contribution in [0.25, 0.3) is 0 Å². The second-order valence-corrected chi connectivity index (χ2v) is 7.37. The van der Waals surface area contributed by atoms with Crippen LogP contribution in [0, 0.1) is 0 Å². The maximum atomic E-state index is 12.2. The van der Waals surface area contributed by atoms with Crippen LogP contribution in [0.5, 0.6) is 0 Å². The quantitative estimate of drug-likeness (QED) is 0.278.